The first-order chi connectivity index (χ1) is 8.61. The molecule has 0 amide bonds. The average Bonchev–Trinajstić information content (AvgIpc) is 2.76. The average molecular weight is 457 g/mol. The SMILES string of the molecule is CCNC(c1ccc(I)c(Cl)c1)c1ccc(Br)s1. The molecule has 1 unspecified atom stereocenters. The third-order valence-electron chi connectivity index (χ3n) is 2.56. The first kappa shape index (κ1) is 14.8. The Morgan fingerprint density at radius 2 is 2.17 bits per heavy atom. The first-order valence-electron chi connectivity index (χ1n) is 5.55. The van der Waals surface area contributed by atoms with Gasteiger partial charge < -0.3 is 5.32 Å². The molecule has 96 valence electrons. The van der Waals surface area contributed by atoms with Crippen LogP contribution in [0, 0.1) is 3.57 Å². The summed E-state index contributed by atoms with van der Waals surface area (Å²) >= 11 is 13.7. The van der Waals surface area contributed by atoms with Gasteiger partial charge in [0.25, 0.3) is 0 Å². The lowest BCUT2D eigenvalue weighted by molar-refractivity contribution is 0.639. The molecule has 1 aromatic carbocycles. The number of halogens is 3. The number of benzene rings is 1. The number of thiophene rings is 1. The van der Waals surface area contributed by atoms with Gasteiger partial charge in [-0.2, -0.15) is 0 Å². The van der Waals surface area contributed by atoms with Gasteiger partial charge in [-0.15, -0.1) is 11.3 Å². The number of hydrogen-bond donors (Lipinski definition) is 1. The van der Waals surface area contributed by atoms with E-state index in [0.29, 0.717) is 0 Å². The van der Waals surface area contributed by atoms with Crippen LogP contribution in [0.15, 0.2) is 34.1 Å². The Balaban J connectivity index is 2.37. The molecule has 2 aromatic rings. The van der Waals surface area contributed by atoms with Crippen LogP contribution in [0.1, 0.15) is 23.4 Å². The van der Waals surface area contributed by atoms with E-state index >= 15 is 0 Å². The van der Waals surface area contributed by atoms with Crippen LogP contribution in [-0.2, 0) is 0 Å². The summed E-state index contributed by atoms with van der Waals surface area (Å²) in [6.45, 7) is 3.04. The van der Waals surface area contributed by atoms with Gasteiger partial charge >= 0.3 is 0 Å². The summed E-state index contributed by atoms with van der Waals surface area (Å²) in [4.78, 5) is 1.29. The van der Waals surface area contributed by atoms with Crippen molar-refractivity contribution < 1.29 is 0 Å². The summed E-state index contributed by atoms with van der Waals surface area (Å²) in [6, 6.07) is 10.7. The maximum atomic E-state index is 6.21. The Hall–Kier alpha value is 0.380. The Morgan fingerprint density at radius 1 is 1.39 bits per heavy atom. The van der Waals surface area contributed by atoms with Gasteiger partial charge in [-0.05, 0) is 74.9 Å². The number of nitrogens with one attached hydrogen (secondary N) is 1. The Labute approximate surface area is 138 Å². The fourth-order valence-electron chi connectivity index (χ4n) is 1.76. The van der Waals surface area contributed by atoms with Crippen LogP contribution in [0.3, 0.4) is 0 Å². The zero-order valence-corrected chi connectivity index (χ0v) is 15.0. The predicted octanol–water partition coefficient (Wildman–Crippen LogP) is 5.47. The van der Waals surface area contributed by atoms with E-state index in [9.17, 15) is 0 Å². The van der Waals surface area contributed by atoms with Crippen LogP contribution in [0.25, 0.3) is 0 Å². The number of rotatable bonds is 4. The van der Waals surface area contributed by atoms with E-state index in [1.807, 2.05) is 6.07 Å². The lowest BCUT2D eigenvalue weighted by Crippen LogP contribution is -2.21. The highest BCUT2D eigenvalue weighted by molar-refractivity contribution is 14.1. The smallest absolute Gasteiger partial charge is 0.0702 e. The highest BCUT2D eigenvalue weighted by Crippen LogP contribution is 2.33. The van der Waals surface area contributed by atoms with E-state index < -0.39 is 0 Å². The molecule has 0 bridgehead atoms. The maximum absolute atomic E-state index is 6.21. The second-order valence-electron chi connectivity index (χ2n) is 3.81. The molecule has 1 aromatic heterocycles. The molecule has 0 saturated carbocycles. The molecule has 18 heavy (non-hydrogen) atoms. The molecular formula is C13H12BrClINS. The molecule has 2 rings (SSSR count). The molecule has 0 aliphatic rings. The van der Waals surface area contributed by atoms with Gasteiger partial charge in [0, 0.05) is 8.45 Å². The lowest BCUT2D eigenvalue weighted by Gasteiger charge is -2.17. The van der Waals surface area contributed by atoms with Crippen molar-refractivity contribution in [2.45, 2.75) is 13.0 Å². The molecule has 0 saturated heterocycles. The van der Waals surface area contributed by atoms with Gasteiger partial charge in [0.2, 0.25) is 0 Å². The zero-order chi connectivity index (χ0) is 13.1. The van der Waals surface area contributed by atoms with Crippen molar-refractivity contribution >= 4 is 61.5 Å². The molecule has 0 radical (unpaired) electrons. The van der Waals surface area contributed by atoms with Crippen LogP contribution < -0.4 is 5.32 Å². The minimum Gasteiger partial charge on any atom is -0.306 e. The molecule has 1 heterocycles. The monoisotopic (exact) mass is 455 g/mol. The predicted molar refractivity (Wildman–Crippen MR) is 91.7 cm³/mol. The van der Waals surface area contributed by atoms with E-state index in [2.05, 4.69) is 75.0 Å². The van der Waals surface area contributed by atoms with Gasteiger partial charge in [-0.25, -0.2) is 0 Å². The van der Waals surface area contributed by atoms with Crippen molar-refractivity contribution in [3.05, 3.63) is 53.2 Å². The van der Waals surface area contributed by atoms with Crippen molar-refractivity contribution in [2.75, 3.05) is 6.54 Å². The van der Waals surface area contributed by atoms with E-state index in [0.717, 1.165) is 18.9 Å². The van der Waals surface area contributed by atoms with Gasteiger partial charge in [-0.1, -0.05) is 24.6 Å². The largest absolute Gasteiger partial charge is 0.306 e. The van der Waals surface area contributed by atoms with Gasteiger partial charge in [0.05, 0.1) is 14.9 Å². The van der Waals surface area contributed by atoms with E-state index in [1.54, 1.807) is 11.3 Å². The van der Waals surface area contributed by atoms with E-state index in [4.69, 9.17) is 11.6 Å². The van der Waals surface area contributed by atoms with Crippen molar-refractivity contribution in [1.29, 1.82) is 0 Å². The third kappa shape index (κ3) is 3.48. The van der Waals surface area contributed by atoms with Gasteiger partial charge in [0.1, 0.15) is 0 Å². The molecule has 0 fully saturated rings. The van der Waals surface area contributed by atoms with Crippen LogP contribution in [0.2, 0.25) is 5.02 Å². The molecule has 0 spiro atoms. The summed E-state index contributed by atoms with van der Waals surface area (Å²) in [5, 5.41) is 4.32. The lowest BCUT2D eigenvalue weighted by atomic mass is 10.1. The van der Waals surface area contributed by atoms with Gasteiger partial charge in [-0.3, -0.25) is 0 Å². The van der Waals surface area contributed by atoms with E-state index in [1.165, 1.54) is 10.4 Å². The summed E-state index contributed by atoms with van der Waals surface area (Å²) < 4.78 is 2.23. The van der Waals surface area contributed by atoms with Crippen LogP contribution in [-0.4, -0.2) is 6.54 Å². The molecule has 0 aliphatic carbocycles. The minimum atomic E-state index is 0.209. The molecule has 0 aliphatic heterocycles. The zero-order valence-electron chi connectivity index (χ0n) is 9.71. The summed E-state index contributed by atoms with van der Waals surface area (Å²) in [6.07, 6.45) is 0. The topological polar surface area (TPSA) is 12.0 Å². The Bertz CT molecular complexity index is 544. The summed E-state index contributed by atoms with van der Waals surface area (Å²) in [7, 11) is 0. The standard InChI is InChI=1S/C13H12BrClINS/c1-2-17-13(11-5-6-12(14)18-11)8-3-4-10(16)9(15)7-8/h3-7,13,17H,2H2,1H3. The fourth-order valence-corrected chi connectivity index (χ4v) is 3.81. The number of hydrogen-bond acceptors (Lipinski definition) is 2. The molecule has 1 N–H and O–H groups in total. The third-order valence-corrected chi connectivity index (χ3v) is 5.82. The van der Waals surface area contributed by atoms with Crippen molar-refractivity contribution in [3.8, 4) is 0 Å². The second-order valence-corrected chi connectivity index (χ2v) is 7.87. The maximum Gasteiger partial charge on any atom is 0.0702 e. The normalized spacial score (nSPS) is 12.7. The molecular weight excluding hydrogens is 444 g/mol. The summed E-state index contributed by atoms with van der Waals surface area (Å²) in [5.41, 5.74) is 1.21. The fraction of sp³-hybridized carbons (Fsp3) is 0.231. The van der Waals surface area contributed by atoms with Crippen molar-refractivity contribution in [2.24, 2.45) is 0 Å². The minimum absolute atomic E-state index is 0.209. The quantitative estimate of drug-likeness (QED) is 0.602. The molecule has 1 atom stereocenters. The van der Waals surface area contributed by atoms with Crippen LogP contribution >= 0.6 is 61.5 Å². The highest BCUT2D eigenvalue weighted by Gasteiger charge is 2.15. The van der Waals surface area contributed by atoms with Crippen LogP contribution in [0.5, 0.6) is 0 Å². The van der Waals surface area contributed by atoms with Crippen molar-refractivity contribution in [1.82, 2.24) is 5.32 Å². The summed E-state index contributed by atoms with van der Waals surface area (Å²) in [5.74, 6) is 0. The first-order valence-corrected chi connectivity index (χ1v) is 8.62. The Morgan fingerprint density at radius 3 is 2.72 bits per heavy atom. The second kappa shape index (κ2) is 6.70. The Kier molecular flexibility index (Phi) is 5.50. The highest BCUT2D eigenvalue weighted by atomic mass is 127. The van der Waals surface area contributed by atoms with Crippen LogP contribution in [0.4, 0.5) is 0 Å². The van der Waals surface area contributed by atoms with E-state index in [-0.39, 0.29) is 6.04 Å². The molecule has 5 heteroatoms. The van der Waals surface area contributed by atoms with Gasteiger partial charge in [0.15, 0.2) is 0 Å². The molecule has 1 nitrogen and oxygen atoms in total. The van der Waals surface area contributed by atoms with Crippen molar-refractivity contribution in [3.63, 3.8) is 0 Å².